The Morgan fingerprint density at radius 2 is 1.44 bits per heavy atom. The third-order valence-corrected chi connectivity index (χ3v) is 3.79. The minimum atomic E-state index is -1.70. The van der Waals surface area contributed by atoms with Crippen molar-refractivity contribution >= 4 is 23.8 Å². The van der Waals surface area contributed by atoms with Gasteiger partial charge in [-0.25, -0.2) is 13.2 Å². The molecule has 0 spiro atoms. The van der Waals surface area contributed by atoms with E-state index in [-0.39, 0.29) is 12.1 Å². The Bertz CT molecular complexity index is 732. The van der Waals surface area contributed by atoms with Gasteiger partial charge < -0.3 is 20.5 Å². The topological polar surface area (TPSA) is 125 Å². The van der Waals surface area contributed by atoms with Gasteiger partial charge in [0.05, 0.1) is 14.2 Å². The molecule has 0 aromatic heterocycles. The summed E-state index contributed by atoms with van der Waals surface area (Å²) in [7, 11) is 1.96. The number of carbonyl (C=O) groups is 4. The van der Waals surface area contributed by atoms with Gasteiger partial charge in [0.25, 0.3) is 5.91 Å². The lowest BCUT2D eigenvalue weighted by atomic mass is 9.86. The summed E-state index contributed by atoms with van der Waals surface area (Å²) in [5.41, 5.74) is 4.02. The molecule has 8 nitrogen and oxygen atoms in total. The fourth-order valence-electron chi connectivity index (χ4n) is 2.41. The van der Waals surface area contributed by atoms with Gasteiger partial charge in [-0.05, 0) is 0 Å². The van der Waals surface area contributed by atoms with E-state index in [4.69, 9.17) is 5.73 Å². The summed E-state index contributed by atoms with van der Waals surface area (Å²) >= 11 is 0. The standard InChI is InChI=1S/C16H17F3N2O6/c1-6(10(15(24)26-2)16(25)27-3)12(13(20)22)21-14(23)11-8(18)4-7(17)5-9(11)19/h4-6,10,12H,1-3H3,(H2,20,22)(H,21,23)/t6-,12+/m1/s1. The molecule has 0 saturated heterocycles. The number of ether oxygens (including phenoxy) is 2. The van der Waals surface area contributed by atoms with Crippen molar-refractivity contribution in [2.45, 2.75) is 13.0 Å². The minimum absolute atomic E-state index is 0.270. The highest BCUT2D eigenvalue weighted by molar-refractivity contribution is 5.99. The molecule has 0 saturated carbocycles. The summed E-state index contributed by atoms with van der Waals surface area (Å²) < 4.78 is 49.4. The molecule has 148 valence electrons. The fraction of sp³-hybridized carbons (Fsp3) is 0.375. The van der Waals surface area contributed by atoms with Crippen LogP contribution in [-0.2, 0) is 23.9 Å². The van der Waals surface area contributed by atoms with Crippen LogP contribution in [0.3, 0.4) is 0 Å². The van der Waals surface area contributed by atoms with Crippen LogP contribution in [0.15, 0.2) is 12.1 Å². The molecule has 0 radical (unpaired) electrons. The summed E-state index contributed by atoms with van der Waals surface area (Å²) in [4.78, 5) is 47.5. The summed E-state index contributed by atoms with van der Waals surface area (Å²) in [6, 6.07) is -1.16. The average molecular weight is 390 g/mol. The second-order valence-corrected chi connectivity index (χ2v) is 5.48. The molecule has 3 N–H and O–H groups in total. The van der Waals surface area contributed by atoms with E-state index in [1.54, 1.807) is 0 Å². The van der Waals surface area contributed by atoms with Gasteiger partial charge in [0, 0.05) is 18.1 Å². The molecule has 0 bridgehead atoms. The number of rotatable bonds is 7. The van der Waals surface area contributed by atoms with Crippen LogP contribution < -0.4 is 11.1 Å². The summed E-state index contributed by atoms with van der Waals surface area (Å²) in [5.74, 6) is -12.0. The molecule has 27 heavy (non-hydrogen) atoms. The van der Waals surface area contributed by atoms with Crippen LogP contribution >= 0.6 is 0 Å². The second kappa shape index (κ2) is 9.01. The molecule has 2 atom stereocenters. The normalized spacial score (nSPS) is 12.9. The summed E-state index contributed by atoms with van der Waals surface area (Å²) in [6.45, 7) is 1.20. The number of hydrogen-bond donors (Lipinski definition) is 2. The van der Waals surface area contributed by atoms with E-state index in [2.05, 4.69) is 9.47 Å². The predicted octanol–water partition coefficient (Wildman–Crippen LogP) is 0.286. The molecule has 2 amide bonds. The lowest BCUT2D eigenvalue weighted by molar-refractivity contribution is -0.161. The number of esters is 2. The van der Waals surface area contributed by atoms with Crippen molar-refractivity contribution in [3.8, 4) is 0 Å². The second-order valence-electron chi connectivity index (χ2n) is 5.48. The van der Waals surface area contributed by atoms with Crippen LogP contribution in [0.5, 0.6) is 0 Å². The summed E-state index contributed by atoms with van der Waals surface area (Å²) in [5, 5.41) is 1.94. The number of primary amides is 1. The van der Waals surface area contributed by atoms with Crippen molar-refractivity contribution in [3.05, 3.63) is 35.1 Å². The zero-order valence-electron chi connectivity index (χ0n) is 14.5. The molecule has 0 heterocycles. The molecular formula is C16H17F3N2O6. The molecular weight excluding hydrogens is 373 g/mol. The van der Waals surface area contributed by atoms with Gasteiger partial charge in [-0.2, -0.15) is 0 Å². The highest BCUT2D eigenvalue weighted by Crippen LogP contribution is 2.21. The molecule has 0 aliphatic heterocycles. The molecule has 1 aromatic rings. The van der Waals surface area contributed by atoms with E-state index < -0.39 is 64.6 Å². The number of methoxy groups -OCH3 is 2. The van der Waals surface area contributed by atoms with Crippen molar-refractivity contribution in [2.24, 2.45) is 17.6 Å². The third-order valence-electron chi connectivity index (χ3n) is 3.79. The molecule has 1 aromatic carbocycles. The maximum absolute atomic E-state index is 13.7. The maximum atomic E-state index is 13.7. The van der Waals surface area contributed by atoms with Crippen LogP contribution in [0.1, 0.15) is 17.3 Å². The van der Waals surface area contributed by atoms with Crippen LogP contribution in [0, 0.1) is 29.3 Å². The van der Waals surface area contributed by atoms with Gasteiger partial charge in [0.1, 0.15) is 29.1 Å². The number of nitrogens with two attached hydrogens (primary N) is 1. The van der Waals surface area contributed by atoms with E-state index >= 15 is 0 Å². The van der Waals surface area contributed by atoms with Crippen molar-refractivity contribution in [3.63, 3.8) is 0 Å². The monoisotopic (exact) mass is 390 g/mol. The van der Waals surface area contributed by atoms with Crippen LogP contribution in [0.4, 0.5) is 13.2 Å². The van der Waals surface area contributed by atoms with Crippen molar-refractivity contribution < 1.29 is 41.8 Å². The third kappa shape index (κ3) is 4.96. The zero-order valence-corrected chi connectivity index (χ0v) is 14.5. The van der Waals surface area contributed by atoms with Crippen molar-refractivity contribution in [1.29, 1.82) is 0 Å². The van der Waals surface area contributed by atoms with Crippen LogP contribution in [0.25, 0.3) is 0 Å². The van der Waals surface area contributed by atoms with Crippen LogP contribution in [0.2, 0.25) is 0 Å². The quantitative estimate of drug-likeness (QED) is 0.509. The molecule has 11 heteroatoms. The SMILES string of the molecule is COC(=O)C(C(=O)OC)[C@@H](C)[C@H](NC(=O)c1c(F)cc(F)cc1F)C(N)=O. The highest BCUT2D eigenvalue weighted by Gasteiger charge is 2.41. The van der Waals surface area contributed by atoms with E-state index in [0.717, 1.165) is 14.2 Å². The Balaban J connectivity index is 3.22. The Labute approximate surface area is 151 Å². The van der Waals surface area contributed by atoms with Gasteiger partial charge in [0.15, 0.2) is 5.92 Å². The molecule has 0 aliphatic rings. The Morgan fingerprint density at radius 1 is 1.00 bits per heavy atom. The van der Waals surface area contributed by atoms with Gasteiger partial charge in [0.2, 0.25) is 5.91 Å². The number of hydrogen-bond acceptors (Lipinski definition) is 6. The smallest absolute Gasteiger partial charge is 0.320 e. The van der Waals surface area contributed by atoms with E-state index in [9.17, 15) is 32.3 Å². The largest absolute Gasteiger partial charge is 0.468 e. The number of halogens is 3. The van der Waals surface area contributed by atoms with Gasteiger partial charge in [-0.15, -0.1) is 0 Å². The Morgan fingerprint density at radius 3 is 1.81 bits per heavy atom. The van der Waals surface area contributed by atoms with Crippen molar-refractivity contribution in [2.75, 3.05) is 14.2 Å². The predicted molar refractivity (Wildman–Crippen MR) is 83.5 cm³/mol. The van der Waals surface area contributed by atoms with Gasteiger partial charge in [-0.1, -0.05) is 6.92 Å². The van der Waals surface area contributed by atoms with Crippen LogP contribution in [-0.4, -0.2) is 44.0 Å². The number of carbonyl (C=O) groups excluding carboxylic acids is 4. The zero-order chi connectivity index (χ0) is 20.9. The van der Waals surface area contributed by atoms with Gasteiger partial charge >= 0.3 is 11.9 Å². The van der Waals surface area contributed by atoms with E-state index in [1.807, 2.05) is 5.32 Å². The first-order chi connectivity index (χ1) is 12.5. The molecule has 0 unspecified atom stereocenters. The first-order valence-electron chi connectivity index (χ1n) is 7.45. The fourth-order valence-corrected chi connectivity index (χ4v) is 2.41. The Hall–Kier alpha value is -3.11. The van der Waals surface area contributed by atoms with E-state index in [1.165, 1.54) is 6.92 Å². The number of nitrogens with one attached hydrogen (secondary N) is 1. The molecule has 0 fully saturated rings. The lowest BCUT2D eigenvalue weighted by Crippen LogP contribution is -2.53. The first kappa shape index (κ1) is 21.9. The first-order valence-corrected chi connectivity index (χ1v) is 7.45. The Kier molecular flexibility index (Phi) is 7.32. The minimum Gasteiger partial charge on any atom is -0.468 e. The number of amides is 2. The molecule has 1 rings (SSSR count). The molecule has 0 aliphatic carbocycles. The average Bonchev–Trinajstić information content (AvgIpc) is 2.57. The van der Waals surface area contributed by atoms with Gasteiger partial charge in [-0.3, -0.25) is 19.2 Å². The number of benzene rings is 1. The summed E-state index contributed by atoms with van der Waals surface area (Å²) in [6.07, 6.45) is 0. The highest BCUT2D eigenvalue weighted by atomic mass is 19.1. The maximum Gasteiger partial charge on any atom is 0.320 e. The van der Waals surface area contributed by atoms with E-state index in [0.29, 0.717) is 0 Å². The van der Waals surface area contributed by atoms with Crippen molar-refractivity contribution in [1.82, 2.24) is 5.32 Å². The lowest BCUT2D eigenvalue weighted by Gasteiger charge is -2.26.